The van der Waals surface area contributed by atoms with E-state index in [0.717, 1.165) is 0 Å². The minimum absolute atomic E-state index is 0.271. The van der Waals surface area contributed by atoms with Crippen molar-refractivity contribution >= 4 is 34.8 Å². The Kier molecular flexibility index (Phi) is 4.57. The number of rotatable bonds is 5. The molecule has 8 heteroatoms. The van der Waals surface area contributed by atoms with Crippen LogP contribution in [0.5, 0.6) is 0 Å². The van der Waals surface area contributed by atoms with E-state index in [1.807, 2.05) is 0 Å². The molecule has 1 unspecified atom stereocenters. The van der Waals surface area contributed by atoms with Gasteiger partial charge in [0.2, 0.25) is 0 Å². The Balaban J connectivity index is 4.63. The van der Waals surface area contributed by atoms with E-state index in [1.165, 1.54) is 0 Å². The first-order valence-electron chi connectivity index (χ1n) is 3.56. The van der Waals surface area contributed by atoms with Crippen molar-refractivity contribution in [3.63, 3.8) is 0 Å². The van der Waals surface area contributed by atoms with Crippen LogP contribution in [-0.2, 0) is 18.1 Å². The Labute approximate surface area is 87.2 Å². The fourth-order valence-corrected chi connectivity index (χ4v) is 1.08. The van der Waals surface area contributed by atoms with Gasteiger partial charge in [-0.25, -0.2) is 0 Å². The van der Waals surface area contributed by atoms with E-state index in [9.17, 15) is 19.5 Å². The Morgan fingerprint density at radius 1 is 1.21 bits per heavy atom. The molecule has 0 spiro atoms. The quantitative estimate of drug-likeness (QED) is 0.470. The molecule has 0 aliphatic carbocycles. The molecule has 0 amide bonds. The third-order valence-corrected chi connectivity index (χ3v) is 2.46. The second kappa shape index (κ2) is 4.96. The Bertz CT molecular complexity index is 263. The molecule has 0 saturated carbocycles. The van der Waals surface area contributed by atoms with E-state index < -0.39 is 36.4 Å². The molecule has 0 radical (unpaired) electrons. The van der Waals surface area contributed by atoms with Gasteiger partial charge in [-0.3, -0.25) is 0 Å². The monoisotopic (exact) mass is 268 g/mol. The molecule has 0 bridgehead atoms. The number of carbonyl (C=O) groups is 3. The molecule has 3 N–H and O–H groups in total. The summed E-state index contributed by atoms with van der Waals surface area (Å²) in [5.74, 6) is -4.16. The molecule has 0 aromatic carbocycles. The van der Waals surface area contributed by atoms with Gasteiger partial charge in [-0.15, -0.1) is 0 Å². The van der Waals surface area contributed by atoms with Gasteiger partial charge < -0.3 is 0 Å². The van der Waals surface area contributed by atoms with Crippen molar-refractivity contribution in [3.05, 3.63) is 0 Å². The predicted molar refractivity (Wildman–Crippen MR) is 45.5 cm³/mol. The second-order valence-electron chi connectivity index (χ2n) is 2.66. The van der Waals surface area contributed by atoms with Gasteiger partial charge in [0.25, 0.3) is 0 Å². The van der Waals surface area contributed by atoms with Crippen molar-refractivity contribution in [2.24, 2.45) is 0 Å². The molecular weight excluding hydrogens is 257 g/mol. The van der Waals surface area contributed by atoms with Crippen molar-refractivity contribution in [2.45, 2.75) is 18.4 Å². The molecule has 0 aliphatic rings. The average molecular weight is 267 g/mol. The van der Waals surface area contributed by atoms with Gasteiger partial charge in [0.05, 0.1) is 0 Å². The number of carboxylic acid groups (broad SMARTS) is 2. The zero-order valence-electron chi connectivity index (χ0n) is 7.39. The summed E-state index contributed by atoms with van der Waals surface area (Å²) < 4.78 is 4.31. The SMILES string of the molecule is O=C(O)CC(O)(CC(=O)[O][GeH3])C(=O)O. The van der Waals surface area contributed by atoms with Crippen LogP contribution in [0.3, 0.4) is 0 Å². The number of carbonyl (C=O) groups excluding carboxylic acids is 1. The second-order valence-corrected chi connectivity index (χ2v) is 3.52. The fourth-order valence-electron chi connectivity index (χ4n) is 0.775. The van der Waals surface area contributed by atoms with Crippen LogP contribution in [0.25, 0.3) is 0 Å². The standard InChI is InChI=1S/C6H10GeO7/c7-14-4(10)2-6(13,5(11)12)1-3(8)9/h13H,1-2H2,7H3,(H,8,9)(H,11,12). The molecule has 0 aromatic heterocycles. The maximum atomic E-state index is 10.7. The van der Waals surface area contributed by atoms with Gasteiger partial charge in [0.15, 0.2) is 0 Å². The molecule has 0 aliphatic heterocycles. The van der Waals surface area contributed by atoms with Crippen molar-refractivity contribution in [3.8, 4) is 0 Å². The van der Waals surface area contributed by atoms with Crippen LogP contribution in [0.1, 0.15) is 12.8 Å². The molecule has 0 fully saturated rings. The predicted octanol–water partition coefficient (Wildman–Crippen LogP) is -2.51. The van der Waals surface area contributed by atoms with Gasteiger partial charge in [-0.2, -0.15) is 0 Å². The van der Waals surface area contributed by atoms with Gasteiger partial charge in [-0.1, -0.05) is 0 Å². The van der Waals surface area contributed by atoms with Crippen LogP contribution in [0.2, 0.25) is 0 Å². The van der Waals surface area contributed by atoms with Crippen molar-refractivity contribution < 1.29 is 33.5 Å². The van der Waals surface area contributed by atoms with Crippen molar-refractivity contribution in [2.75, 3.05) is 0 Å². The van der Waals surface area contributed by atoms with Crippen LogP contribution < -0.4 is 0 Å². The fraction of sp³-hybridized carbons (Fsp3) is 0.500. The molecule has 0 saturated heterocycles. The number of aliphatic hydroxyl groups is 1. The first-order valence-corrected chi connectivity index (χ1v) is 5.27. The van der Waals surface area contributed by atoms with Gasteiger partial charge in [0, 0.05) is 0 Å². The zero-order valence-corrected chi connectivity index (χ0v) is 11.6. The molecule has 0 heterocycles. The van der Waals surface area contributed by atoms with E-state index in [-0.39, 0.29) is 16.9 Å². The number of hydrogen-bond acceptors (Lipinski definition) is 5. The Morgan fingerprint density at radius 2 is 1.71 bits per heavy atom. The Morgan fingerprint density at radius 3 is 2.00 bits per heavy atom. The summed E-state index contributed by atoms with van der Waals surface area (Å²) in [6, 6.07) is 0. The summed E-state index contributed by atoms with van der Waals surface area (Å²) >= 11 is -0.271. The summed E-state index contributed by atoms with van der Waals surface area (Å²) in [5.41, 5.74) is -2.58. The van der Waals surface area contributed by atoms with Crippen LogP contribution in [0.4, 0.5) is 0 Å². The number of carboxylic acids is 2. The van der Waals surface area contributed by atoms with Crippen LogP contribution in [0, 0.1) is 0 Å². The van der Waals surface area contributed by atoms with Crippen molar-refractivity contribution in [1.82, 2.24) is 0 Å². The van der Waals surface area contributed by atoms with E-state index in [4.69, 9.17) is 10.2 Å². The van der Waals surface area contributed by atoms with Gasteiger partial charge in [0.1, 0.15) is 0 Å². The van der Waals surface area contributed by atoms with E-state index in [2.05, 4.69) is 3.76 Å². The summed E-state index contributed by atoms with van der Waals surface area (Å²) in [7, 11) is 0. The average Bonchev–Trinajstić information content (AvgIpc) is 2.02. The molecule has 7 nitrogen and oxygen atoms in total. The van der Waals surface area contributed by atoms with E-state index >= 15 is 0 Å². The van der Waals surface area contributed by atoms with Crippen LogP contribution in [0.15, 0.2) is 0 Å². The molecule has 0 aromatic rings. The molecule has 14 heavy (non-hydrogen) atoms. The zero-order chi connectivity index (χ0) is 11.4. The first-order chi connectivity index (χ1) is 6.31. The number of aliphatic carboxylic acids is 2. The maximum absolute atomic E-state index is 10.7. The van der Waals surface area contributed by atoms with Crippen LogP contribution >= 0.6 is 0 Å². The number of hydrogen-bond donors (Lipinski definition) is 3. The summed E-state index contributed by atoms with van der Waals surface area (Å²) in [5, 5.41) is 26.1. The normalized spacial score (nSPS) is 14.4. The first kappa shape index (κ1) is 12.9. The summed E-state index contributed by atoms with van der Waals surface area (Å²) in [4.78, 5) is 31.4. The van der Waals surface area contributed by atoms with Crippen LogP contribution in [-0.4, -0.2) is 55.7 Å². The van der Waals surface area contributed by atoms with E-state index in [0.29, 0.717) is 0 Å². The van der Waals surface area contributed by atoms with Gasteiger partial charge in [-0.05, 0) is 0 Å². The summed E-state index contributed by atoms with van der Waals surface area (Å²) in [6.45, 7) is 0. The third kappa shape index (κ3) is 3.75. The topological polar surface area (TPSA) is 121 Å². The molecule has 1 atom stereocenters. The minimum atomic E-state index is -2.58. The molecule has 0 rings (SSSR count). The summed E-state index contributed by atoms with van der Waals surface area (Å²) in [6.07, 6.45) is -1.89. The Hall–Kier alpha value is -1.09. The van der Waals surface area contributed by atoms with E-state index in [1.54, 1.807) is 0 Å². The van der Waals surface area contributed by atoms with Gasteiger partial charge >= 0.3 is 86.7 Å². The molecule has 80 valence electrons. The van der Waals surface area contributed by atoms with Crippen molar-refractivity contribution in [1.29, 1.82) is 0 Å². The molecular formula is C6H10GeO7. The third-order valence-electron chi connectivity index (χ3n) is 1.51.